The Morgan fingerprint density at radius 1 is 1.33 bits per heavy atom. The van der Waals surface area contributed by atoms with Gasteiger partial charge < -0.3 is 10.1 Å². The quantitative estimate of drug-likeness (QED) is 0.797. The second-order valence-electron chi connectivity index (χ2n) is 7.27. The molecule has 1 unspecified atom stereocenters. The third kappa shape index (κ3) is 4.76. The lowest BCUT2D eigenvalue weighted by molar-refractivity contribution is 0.128. The molecule has 21 heavy (non-hydrogen) atoms. The summed E-state index contributed by atoms with van der Waals surface area (Å²) < 4.78 is 5.18. The Kier molecular flexibility index (Phi) is 6.20. The van der Waals surface area contributed by atoms with Crippen molar-refractivity contribution in [3.63, 3.8) is 0 Å². The molecule has 1 fully saturated rings. The van der Waals surface area contributed by atoms with Crippen LogP contribution < -0.4 is 5.32 Å². The molecule has 1 heterocycles. The highest BCUT2D eigenvalue weighted by Crippen LogP contribution is 2.43. The van der Waals surface area contributed by atoms with Gasteiger partial charge in [-0.05, 0) is 42.9 Å². The molecular formula is C17H30N2OS. The average Bonchev–Trinajstić information content (AvgIpc) is 2.97. The Morgan fingerprint density at radius 2 is 2.05 bits per heavy atom. The van der Waals surface area contributed by atoms with Crippen LogP contribution in [-0.4, -0.2) is 25.2 Å². The van der Waals surface area contributed by atoms with Gasteiger partial charge in [0.2, 0.25) is 0 Å². The predicted octanol–water partition coefficient (Wildman–Crippen LogP) is 4.27. The summed E-state index contributed by atoms with van der Waals surface area (Å²) in [5, 5.41) is 6.99. The zero-order valence-electron chi connectivity index (χ0n) is 13.9. The molecule has 0 aliphatic heterocycles. The molecule has 2 rings (SSSR count). The summed E-state index contributed by atoms with van der Waals surface area (Å²) in [5.74, 6) is 1.58. The van der Waals surface area contributed by atoms with E-state index in [9.17, 15) is 0 Å². The average molecular weight is 311 g/mol. The molecule has 4 heteroatoms. The second-order valence-corrected chi connectivity index (χ2v) is 8.20. The fourth-order valence-electron chi connectivity index (χ4n) is 3.48. The lowest BCUT2D eigenvalue weighted by Gasteiger charge is -2.39. The first-order chi connectivity index (χ1) is 10.0. The van der Waals surface area contributed by atoms with Crippen molar-refractivity contribution >= 4 is 11.3 Å². The van der Waals surface area contributed by atoms with Crippen molar-refractivity contribution in [2.24, 2.45) is 17.3 Å². The number of thiazole rings is 1. The van der Waals surface area contributed by atoms with E-state index in [0.717, 1.165) is 19.1 Å². The van der Waals surface area contributed by atoms with Gasteiger partial charge in [0.1, 0.15) is 5.01 Å². The highest BCUT2D eigenvalue weighted by atomic mass is 32.1. The van der Waals surface area contributed by atoms with Gasteiger partial charge in [0.25, 0.3) is 0 Å². The summed E-state index contributed by atoms with van der Waals surface area (Å²) in [6.07, 6.45) is 7.24. The zero-order valence-corrected chi connectivity index (χ0v) is 14.7. The summed E-state index contributed by atoms with van der Waals surface area (Å²) in [5.41, 5.74) is 0.450. The van der Waals surface area contributed by atoms with Gasteiger partial charge in [-0.2, -0.15) is 0 Å². The normalized spacial score (nSPS) is 25.0. The van der Waals surface area contributed by atoms with E-state index >= 15 is 0 Å². The number of methoxy groups -OCH3 is 1. The smallest absolute Gasteiger partial charge is 0.110 e. The molecule has 1 N–H and O–H groups in total. The fraction of sp³-hybridized carbons (Fsp3) is 0.824. The summed E-state index contributed by atoms with van der Waals surface area (Å²) >= 11 is 1.77. The van der Waals surface area contributed by atoms with Gasteiger partial charge in [0, 0.05) is 25.2 Å². The van der Waals surface area contributed by atoms with E-state index < -0.39 is 0 Å². The molecule has 0 amide bonds. The topological polar surface area (TPSA) is 34.1 Å². The summed E-state index contributed by atoms with van der Waals surface area (Å²) in [4.78, 5) is 4.55. The van der Waals surface area contributed by atoms with Crippen LogP contribution in [0.4, 0.5) is 0 Å². The molecule has 1 aromatic rings. The molecule has 120 valence electrons. The zero-order chi connectivity index (χ0) is 15.3. The number of rotatable bonds is 6. The van der Waals surface area contributed by atoms with Crippen molar-refractivity contribution in [1.29, 1.82) is 0 Å². The van der Waals surface area contributed by atoms with Crippen LogP contribution in [0, 0.1) is 17.3 Å². The van der Waals surface area contributed by atoms with E-state index in [0.29, 0.717) is 17.4 Å². The van der Waals surface area contributed by atoms with Crippen molar-refractivity contribution in [2.75, 3.05) is 20.3 Å². The minimum absolute atomic E-state index is 0.404. The van der Waals surface area contributed by atoms with Crippen LogP contribution in [-0.2, 0) is 4.74 Å². The monoisotopic (exact) mass is 310 g/mol. The summed E-state index contributed by atoms with van der Waals surface area (Å²) in [6.45, 7) is 8.81. The van der Waals surface area contributed by atoms with E-state index in [2.05, 4.69) is 36.5 Å². The maximum absolute atomic E-state index is 5.18. The molecule has 0 spiro atoms. The van der Waals surface area contributed by atoms with Crippen molar-refractivity contribution in [3.05, 3.63) is 16.6 Å². The molecule has 0 aromatic carbocycles. The van der Waals surface area contributed by atoms with Crippen LogP contribution in [0.1, 0.15) is 57.5 Å². The molecule has 1 atom stereocenters. The molecule has 0 bridgehead atoms. The van der Waals surface area contributed by atoms with Gasteiger partial charge in [-0.1, -0.05) is 20.8 Å². The highest BCUT2D eigenvalue weighted by molar-refractivity contribution is 7.09. The standard InChI is InChI=1S/C17H30N2OS/c1-17(2,3)14-7-5-13(6-8-14)15(18-9-11-20-4)16-19-10-12-21-16/h10,12-15,18H,5-9,11H2,1-4H3. The molecule has 1 saturated carbocycles. The molecule has 0 radical (unpaired) electrons. The van der Waals surface area contributed by atoms with E-state index in [1.807, 2.05) is 6.20 Å². The summed E-state index contributed by atoms with van der Waals surface area (Å²) in [6, 6.07) is 0.404. The Hall–Kier alpha value is -0.450. The number of aromatic nitrogens is 1. The van der Waals surface area contributed by atoms with E-state index in [1.54, 1.807) is 18.4 Å². The largest absolute Gasteiger partial charge is 0.383 e. The van der Waals surface area contributed by atoms with E-state index in [-0.39, 0.29) is 0 Å². The number of nitrogens with zero attached hydrogens (tertiary/aromatic N) is 1. The van der Waals surface area contributed by atoms with Gasteiger partial charge in [-0.15, -0.1) is 11.3 Å². The van der Waals surface area contributed by atoms with Gasteiger partial charge in [-0.3, -0.25) is 0 Å². The van der Waals surface area contributed by atoms with E-state index in [4.69, 9.17) is 4.74 Å². The number of nitrogens with one attached hydrogen (secondary N) is 1. The predicted molar refractivity (Wildman–Crippen MR) is 89.6 cm³/mol. The first kappa shape index (κ1) is 16.9. The molecule has 1 aliphatic rings. The number of hydrogen-bond acceptors (Lipinski definition) is 4. The first-order valence-corrected chi connectivity index (χ1v) is 9.02. The molecular weight excluding hydrogens is 280 g/mol. The second kappa shape index (κ2) is 7.70. The lowest BCUT2D eigenvalue weighted by atomic mass is 9.68. The van der Waals surface area contributed by atoms with Crippen molar-refractivity contribution in [2.45, 2.75) is 52.5 Å². The maximum atomic E-state index is 5.18. The third-order valence-corrected chi connectivity index (χ3v) is 5.71. The van der Waals surface area contributed by atoms with Crippen LogP contribution >= 0.6 is 11.3 Å². The van der Waals surface area contributed by atoms with Gasteiger partial charge in [0.15, 0.2) is 0 Å². The van der Waals surface area contributed by atoms with E-state index in [1.165, 1.54) is 30.7 Å². The Bertz CT molecular complexity index is 391. The Morgan fingerprint density at radius 3 is 2.57 bits per heavy atom. The van der Waals surface area contributed by atoms with Gasteiger partial charge in [-0.25, -0.2) is 4.98 Å². The molecule has 1 aliphatic carbocycles. The minimum atomic E-state index is 0.404. The van der Waals surface area contributed by atoms with Crippen molar-refractivity contribution in [3.8, 4) is 0 Å². The minimum Gasteiger partial charge on any atom is -0.383 e. The fourth-order valence-corrected chi connectivity index (χ4v) is 4.28. The molecule has 3 nitrogen and oxygen atoms in total. The van der Waals surface area contributed by atoms with Gasteiger partial charge in [0.05, 0.1) is 12.6 Å². The van der Waals surface area contributed by atoms with Crippen molar-refractivity contribution < 1.29 is 4.74 Å². The highest BCUT2D eigenvalue weighted by Gasteiger charge is 2.33. The molecule has 0 saturated heterocycles. The van der Waals surface area contributed by atoms with Crippen LogP contribution in [0.3, 0.4) is 0 Å². The number of ether oxygens (including phenoxy) is 1. The van der Waals surface area contributed by atoms with Crippen LogP contribution in [0.2, 0.25) is 0 Å². The van der Waals surface area contributed by atoms with Crippen LogP contribution in [0.15, 0.2) is 11.6 Å². The van der Waals surface area contributed by atoms with Gasteiger partial charge >= 0.3 is 0 Å². The van der Waals surface area contributed by atoms with Crippen molar-refractivity contribution in [1.82, 2.24) is 10.3 Å². The Labute approximate surface area is 133 Å². The number of hydrogen-bond donors (Lipinski definition) is 1. The first-order valence-electron chi connectivity index (χ1n) is 8.14. The maximum Gasteiger partial charge on any atom is 0.110 e. The van der Waals surface area contributed by atoms with Crippen LogP contribution in [0.5, 0.6) is 0 Å². The summed E-state index contributed by atoms with van der Waals surface area (Å²) in [7, 11) is 1.76. The van der Waals surface area contributed by atoms with Crippen LogP contribution in [0.25, 0.3) is 0 Å². The molecule has 1 aromatic heterocycles. The lowest BCUT2D eigenvalue weighted by Crippen LogP contribution is -2.35. The Balaban J connectivity index is 1.95. The SMILES string of the molecule is COCCNC(c1nccs1)C1CCC(C(C)(C)C)CC1. The third-order valence-electron chi connectivity index (χ3n) is 4.86.